The Kier molecular flexibility index (Phi) is 6.01. The number of aromatic amines is 1. The number of fused-ring (bicyclic) bond motifs is 1. The van der Waals surface area contributed by atoms with Crippen LogP contribution in [0.15, 0.2) is 47.4 Å². The number of ether oxygens (including phenoxy) is 1. The predicted octanol–water partition coefficient (Wildman–Crippen LogP) is 4.04. The highest BCUT2D eigenvalue weighted by Crippen LogP contribution is 2.30. The fraction of sp³-hybridized carbons (Fsp3) is 0.150. The largest absolute Gasteiger partial charge is 0.573 e. The topological polar surface area (TPSA) is 74.4 Å². The zero-order chi connectivity index (χ0) is 21.0. The number of aliphatic hydroxyl groups excluding tert-OH is 1. The van der Waals surface area contributed by atoms with Gasteiger partial charge >= 0.3 is 6.36 Å². The molecule has 3 aromatic rings. The van der Waals surface area contributed by atoms with Crippen molar-refractivity contribution < 1.29 is 23.0 Å². The number of benzene rings is 2. The number of anilines is 1. The maximum Gasteiger partial charge on any atom is 0.573 e. The van der Waals surface area contributed by atoms with Crippen LogP contribution in [0, 0.1) is 11.8 Å². The van der Waals surface area contributed by atoms with E-state index in [1.165, 1.54) is 12.3 Å². The van der Waals surface area contributed by atoms with Gasteiger partial charge in [0.25, 0.3) is 0 Å². The molecule has 2 aromatic carbocycles. The van der Waals surface area contributed by atoms with Crippen molar-refractivity contribution in [3.63, 3.8) is 0 Å². The van der Waals surface area contributed by atoms with Gasteiger partial charge in [-0.2, -0.15) is 0 Å². The average molecular weight is 423 g/mol. The smallest absolute Gasteiger partial charge is 0.403 e. The van der Waals surface area contributed by atoms with Crippen molar-refractivity contribution in [2.75, 3.05) is 11.9 Å². The molecule has 0 radical (unpaired) electrons. The Hall–Kier alpha value is -3.15. The third-order valence-electron chi connectivity index (χ3n) is 3.89. The summed E-state index contributed by atoms with van der Waals surface area (Å²) in [6.45, 7) is -0.172. The molecular weight excluding hydrogens is 409 g/mol. The summed E-state index contributed by atoms with van der Waals surface area (Å²) in [5.74, 6) is 4.24. The lowest BCUT2D eigenvalue weighted by molar-refractivity contribution is -0.274. The molecule has 9 heteroatoms. The van der Waals surface area contributed by atoms with Crippen molar-refractivity contribution in [1.82, 2.24) is 4.98 Å². The lowest BCUT2D eigenvalue weighted by Gasteiger charge is -2.13. The second-order valence-electron chi connectivity index (χ2n) is 5.92. The van der Waals surface area contributed by atoms with Crippen LogP contribution in [0.2, 0.25) is 5.02 Å². The Balaban J connectivity index is 2.02. The third-order valence-corrected chi connectivity index (χ3v) is 4.14. The Bertz CT molecular complexity index is 1150. The van der Waals surface area contributed by atoms with Gasteiger partial charge in [-0.1, -0.05) is 35.6 Å². The monoisotopic (exact) mass is 422 g/mol. The van der Waals surface area contributed by atoms with Crippen LogP contribution in [-0.4, -0.2) is 23.1 Å². The zero-order valence-corrected chi connectivity index (χ0v) is 15.5. The van der Waals surface area contributed by atoms with Gasteiger partial charge in [-0.15, -0.1) is 13.2 Å². The van der Waals surface area contributed by atoms with E-state index in [0.717, 1.165) is 11.6 Å². The number of hydrogen-bond donors (Lipinski definition) is 3. The van der Waals surface area contributed by atoms with Crippen molar-refractivity contribution >= 4 is 28.2 Å². The maximum absolute atomic E-state index is 12.8. The molecule has 3 N–H and O–H groups in total. The molecule has 5 nitrogen and oxygen atoms in total. The van der Waals surface area contributed by atoms with Crippen molar-refractivity contribution in [2.45, 2.75) is 12.9 Å². The Morgan fingerprint density at radius 1 is 1.21 bits per heavy atom. The molecule has 0 amide bonds. The van der Waals surface area contributed by atoms with Crippen LogP contribution in [0.25, 0.3) is 10.9 Å². The van der Waals surface area contributed by atoms with Crippen molar-refractivity contribution in [1.29, 1.82) is 0 Å². The molecule has 0 saturated carbocycles. The summed E-state index contributed by atoms with van der Waals surface area (Å²) in [7, 11) is 0. The number of halogens is 4. The molecule has 29 heavy (non-hydrogen) atoms. The first-order chi connectivity index (χ1) is 13.8. The summed E-state index contributed by atoms with van der Waals surface area (Å²) >= 11 is 5.84. The van der Waals surface area contributed by atoms with E-state index in [-0.39, 0.29) is 22.2 Å². The summed E-state index contributed by atoms with van der Waals surface area (Å²) in [6.07, 6.45) is -3.67. The predicted molar refractivity (Wildman–Crippen MR) is 104 cm³/mol. The van der Waals surface area contributed by atoms with Crippen molar-refractivity contribution in [2.24, 2.45) is 0 Å². The summed E-state index contributed by atoms with van der Waals surface area (Å²) in [4.78, 5) is 15.5. The van der Waals surface area contributed by atoms with Crippen LogP contribution in [0.1, 0.15) is 11.1 Å². The van der Waals surface area contributed by atoms with Crippen LogP contribution in [0.4, 0.5) is 18.9 Å². The molecule has 0 aliphatic carbocycles. The van der Waals surface area contributed by atoms with E-state index in [1.54, 1.807) is 24.3 Å². The van der Waals surface area contributed by atoms with Gasteiger partial charge in [0.1, 0.15) is 6.61 Å². The summed E-state index contributed by atoms with van der Waals surface area (Å²) in [5.41, 5.74) is 0.493. The Morgan fingerprint density at radius 3 is 2.59 bits per heavy atom. The van der Waals surface area contributed by atoms with Gasteiger partial charge < -0.3 is 20.1 Å². The second kappa shape index (κ2) is 8.47. The van der Waals surface area contributed by atoms with E-state index in [2.05, 4.69) is 26.9 Å². The van der Waals surface area contributed by atoms with Crippen molar-refractivity contribution in [3.8, 4) is 17.6 Å². The Labute approximate surface area is 168 Å². The molecule has 0 aliphatic rings. The highest BCUT2D eigenvalue weighted by molar-refractivity contribution is 6.30. The van der Waals surface area contributed by atoms with Gasteiger partial charge in [0.2, 0.25) is 5.43 Å². The molecule has 150 valence electrons. The number of aromatic nitrogens is 1. The summed E-state index contributed by atoms with van der Waals surface area (Å²) in [5, 5.41) is 12.3. The number of pyridine rings is 1. The van der Waals surface area contributed by atoms with Gasteiger partial charge in [0, 0.05) is 23.3 Å². The zero-order valence-electron chi connectivity index (χ0n) is 14.7. The minimum absolute atomic E-state index is 0.0323. The van der Waals surface area contributed by atoms with Gasteiger partial charge in [-0.3, -0.25) is 4.79 Å². The lowest BCUT2D eigenvalue weighted by Crippen LogP contribution is -2.19. The quantitative estimate of drug-likeness (QED) is 0.555. The molecule has 0 unspecified atom stereocenters. The molecule has 0 bridgehead atoms. The van der Waals surface area contributed by atoms with Gasteiger partial charge in [-0.05, 0) is 29.8 Å². The molecule has 1 heterocycles. The molecule has 0 aliphatic heterocycles. The number of hydrogen-bond acceptors (Lipinski definition) is 4. The van der Waals surface area contributed by atoms with Crippen molar-refractivity contribution in [3.05, 3.63) is 69.0 Å². The highest BCUT2D eigenvalue weighted by Gasteiger charge is 2.32. The number of H-pyrrole nitrogens is 1. The van der Waals surface area contributed by atoms with E-state index in [0.29, 0.717) is 11.6 Å². The minimum atomic E-state index is -4.95. The van der Waals surface area contributed by atoms with E-state index in [1.807, 2.05) is 0 Å². The molecule has 1 aromatic heterocycles. The van der Waals surface area contributed by atoms with E-state index in [4.69, 9.17) is 16.7 Å². The molecule has 3 rings (SSSR count). The number of alkyl halides is 3. The van der Waals surface area contributed by atoms with E-state index >= 15 is 0 Å². The van der Waals surface area contributed by atoms with E-state index in [9.17, 15) is 18.0 Å². The van der Waals surface area contributed by atoms with E-state index < -0.39 is 24.1 Å². The van der Waals surface area contributed by atoms with Crippen LogP contribution in [-0.2, 0) is 6.54 Å². The van der Waals surface area contributed by atoms with Crippen LogP contribution in [0.5, 0.6) is 5.75 Å². The normalized spacial score (nSPS) is 11.1. The van der Waals surface area contributed by atoms with Gasteiger partial charge in [-0.25, -0.2) is 0 Å². The Morgan fingerprint density at radius 2 is 1.93 bits per heavy atom. The van der Waals surface area contributed by atoms with Crippen LogP contribution >= 0.6 is 11.6 Å². The highest BCUT2D eigenvalue weighted by atomic mass is 35.5. The molecule has 0 saturated heterocycles. The fourth-order valence-corrected chi connectivity index (χ4v) is 2.77. The summed E-state index contributed by atoms with van der Waals surface area (Å²) in [6, 6.07) is 9.36. The summed E-state index contributed by atoms with van der Waals surface area (Å²) < 4.78 is 42.3. The van der Waals surface area contributed by atoms with Gasteiger partial charge in [0.15, 0.2) is 5.75 Å². The molecular formula is C20H14ClF3N2O3. The first-order valence-electron chi connectivity index (χ1n) is 8.30. The first kappa shape index (κ1) is 20.6. The fourth-order valence-electron chi connectivity index (χ4n) is 2.65. The minimum Gasteiger partial charge on any atom is -0.403 e. The standard InChI is InChI=1S/C20H14ClF3N2O3/c21-14-5-3-12(4-6-14)10-25-16-11-26-18-15(19(16)28)8-13(2-1-7-27)9-17(18)29-20(22,23)24/h3-6,8-9,11,25,27H,7,10H2,(H,26,28). The number of nitrogens with one attached hydrogen (secondary N) is 2. The number of aliphatic hydroxyl groups is 1. The average Bonchev–Trinajstić information content (AvgIpc) is 2.66. The number of rotatable bonds is 4. The van der Waals surface area contributed by atoms with Crippen LogP contribution in [0.3, 0.4) is 0 Å². The lowest BCUT2D eigenvalue weighted by atomic mass is 10.1. The molecule has 0 spiro atoms. The third kappa shape index (κ3) is 5.22. The SMILES string of the molecule is O=c1c(NCc2ccc(Cl)cc2)c[nH]c2c(OC(F)(F)F)cc(C#CCO)cc12. The maximum atomic E-state index is 12.8. The molecule has 0 atom stereocenters. The van der Waals surface area contributed by atoms with Crippen LogP contribution < -0.4 is 15.5 Å². The van der Waals surface area contributed by atoms with Gasteiger partial charge in [0.05, 0.1) is 16.6 Å². The first-order valence-corrected chi connectivity index (χ1v) is 8.68. The second-order valence-corrected chi connectivity index (χ2v) is 6.35. The molecule has 0 fully saturated rings.